The van der Waals surface area contributed by atoms with Gasteiger partial charge in [-0.15, -0.1) is 0 Å². The van der Waals surface area contributed by atoms with Crippen LogP contribution in [0.25, 0.3) is 11.3 Å². The lowest BCUT2D eigenvalue weighted by atomic mass is 10.1. The first-order valence-corrected chi connectivity index (χ1v) is 8.21. The molecule has 118 valence electrons. The first-order valence-electron chi connectivity index (χ1n) is 8.21. The average molecular weight is 307 g/mol. The summed E-state index contributed by atoms with van der Waals surface area (Å²) in [6.07, 6.45) is 3.77. The van der Waals surface area contributed by atoms with E-state index in [1.54, 1.807) is 10.6 Å². The quantitative estimate of drug-likeness (QED) is 0.872. The van der Waals surface area contributed by atoms with Crippen molar-refractivity contribution in [3.05, 3.63) is 58.4 Å². The largest absolute Gasteiger partial charge is 0.306 e. The maximum Gasteiger partial charge on any atom is 0.268 e. The number of hydrogen-bond acceptors (Lipinski definition) is 3. The summed E-state index contributed by atoms with van der Waals surface area (Å²) in [5.74, 6) is 0. The van der Waals surface area contributed by atoms with Crippen molar-refractivity contribution in [3.63, 3.8) is 0 Å². The Hall–Kier alpha value is -2.38. The molecule has 2 aromatic rings. The van der Waals surface area contributed by atoms with Crippen molar-refractivity contribution in [2.45, 2.75) is 25.8 Å². The van der Waals surface area contributed by atoms with E-state index in [0.717, 1.165) is 30.9 Å². The minimum atomic E-state index is -0.189. The van der Waals surface area contributed by atoms with Crippen molar-refractivity contribution < 1.29 is 0 Å². The van der Waals surface area contributed by atoms with Gasteiger partial charge in [0.2, 0.25) is 0 Å². The molecule has 0 amide bonds. The van der Waals surface area contributed by atoms with Gasteiger partial charge in [0.1, 0.15) is 11.6 Å². The molecule has 1 fully saturated rings. The number of piperidine rings is 1. The van der Waals surface area contributed by atoms with Gasteiger partial charge >= 0.3 is 0 Å². The van der Waals surface area contributed by atoms with Crippen molar-refractivity contribution in [1.29, 1.82) is 5.26 Å². The summed E-state index contributed by atoms with van der Waals surface area (Å²) in [4.78, 5) is 15.0. The zero-order chi connectivity index (χ0) is 16.1. The van der Waals surface area contributed by atoms with Crippen LogP contribution in [-0.2, 0) is 6.54 Å². The van der Waals surface area contributed by atoms with Crippen LogP contribution in [0, 0.1) is 11.3 Å². The molecule has 1 saturated heterocycles. The predicted molar refractivity (Wildman–Crippen MR) is 91.1 cm³/mol. The van der Waals surface area contributed by atoms with E-state index in [2.05, 4.69) is 4.90 Å². The number of rotatable bonds is 4. The molecule has 0 N–H and O–H groups in total. The fourth-order valence-electron chi connectivity index (χ4n) is 3.17. The third kappa shape index (κ3) is 3.52. The molecule has 0 unspecified atom stereocenters. The van der Waals surface area contributed by atoms with Gasteiger partial charge in [0.05, 0.1) is 5.69 Å². The van der Waals surface area contributed by atoms with Crippen molar-refractivity contribution in [3.8, 4) is 17.3 Å². The number of hydrogen-bond donors (Lipinski definition) is 0. The summed E-state index contributed by atoms with van der Waals surface area (Å²) in [6, 6.07) is 15.4. The predicted octanol–water partition coefficient (Wildman–Crippen LogP) is 2.87. The first-order chi connectivity index (χ1) is 11.3. The smallest absolute Gasteiger partial charge is 0.268 e. The minimum absolute atomic E-state index is 0.189. The van der Waals surface area contributed by atoms with Crippen molar-refractivity contribution in [1.82, 2.24) is 9.47 Å². The number of pyridine rings is 1. The fourth-order valence-corrected chi connectivity index (χ4v) is 3.17. The molecule has 0 radical (unpaired) electrons. The van der Waals surface area contributed by atoms with E-state index in [9.17, 15) is 4.79 Å². The van der Waals surface area contributed by atoms with Crippen molar-refractivity contribution >= 4 is 0 Å². The third-order valence-corrected chi connectivity index (χ3v) is 4.45. The Morgan fingerprint density at radius 1 is 0.957 bits per heavy atom. The fraction of sp³-hybridized carbons (Fsp3) is 0.368. The lowest BCUT2D eigenvalue weighted by molar-refractivity contribution is 0.220. The standard InChI is InChI=1S/C19H21N3O/c20-15-17-9-10-18(16-7-3-1-4-8-16)22(19(17)23)14-13-21-11-5-2-6-12-21/h1,3-4,7-10H,2,5-6,11-14H2. The van der Waals surface area contributed by atoms with Gasteiger partial charge < -0.3 is 9.47 Å². The van der Waals surface area contributed by atoms with Crippen LogP contribution in [0.3, 0.4) is 0 Å². The summed E-state index contributed by atoms with van der Waals surface area (Å²) in [7, 11) is 0. The van der Waals surface area contributed by atoms with Gasteiger partial charge in [-0.3, -0.25) is 4.79 Å². The SMILES string of the molecule is N#Cc1ccc(-c2ccccc2)n(CCN2CCCCC2)c1=O. The molecule has 0 saturated carbocycles. The first kappa shape index (κ1) is 15.5. The van der Waals surface area contributed by atoms with Crippen molar-refractivity contribution in [2.24, 2.45) is 0 Å². The molecule has 23 heavy (non-hydrogen) atoms. The number of benzene rings is 1. The Bertz CT molecular complexity index is 752. The van der Waals surface area contributed by atoms with Gasteiger partial charge in [-0.2, -0.15) is 5.26 Å². The maximum absolute atomic E-state index is 12.6. The van der Waals surface area contributed by atoms with Gasteiger partial charge in [0.25, 0.3) is 5.56 Å². The summed E-state index contributed by atoms with van der Waals surface area (Å²) in [5.41, 5.74) is 1.91. The van der Waals surface area contributed by atoms with E-state index in [1.165, 1.54) is 19.3 Å². The highest BCUT2D eigenvalue weighted by Gasteiger charge is 2.13. The molecule has 0 bridgehead atoms. The van der Waals surface area contributed by atoms with Gasteiger partial charge in [0.15, 0.2) is 0 Å². The van der Waals surface area contributed by atoms with Crippen LogP contribution in [0.1, 0.15) is 24.8 Å². The molecular formula is C19H21N3O. The zero-order valence-electron chi connectivity index (χ0n) is 13.2. The van der Waals surface area contributed by atoms with E-state index in [0.29, 0.717) is 6.54 Å². The normalized spacial score (nSPS) is 15.3. The summed E-state index contributed by atoms with van der Waals surface area (Å²) in [6.45, 7) is 3.69. The molecule has 0 spiro atoms. The van der Waals surface area contributed by atoms with Gasteiger partial charge in [-0.25, -0.2) is 0 Å². The molecule has 3 rings (SSSR count). The van der Waals surface area contributed by atoms with Crippen LogP contribution >= 0.6 is 0 Å². The maximum atomic E-state index is 12.6. The van der Waals surface area contributed by atoms with Gasteiger partial charge in [0, 0.05) is 13.1 Å². The summed E-state index contributed by atoms with van der Waals surface area (Å²) >= 11 is 0. The Balaban J connectivity index is 1.92. The lowest BCUT2D eigenvalue weighted by Gasteiger charge is -2.27. The molecule has 1 aliphatic rings. The van der Waals surface area contributed by atoms with Crippen LogP contribution in [0.15, 0.2) is 47.3 Å². The van der Waals surface area contributed by atoms with Crippen LogP contribution in [0.5, 0.6) is 0 Å². The molecule has 2 heterocycles. The van der Waals surface area contributed by atoms with Gasteiger partial charge in [-0.1, -0.05) is 36.8 Å². The molecule has 1 aliphatic heterocycles. The van der Waals surface area contributed by atoms with E-state index in [-0.39, 0.29) is 11.1 Å². The molecule has 0 aliphatic carbocycles. The number of aromatic nitrogens is 1. The number of nitrogens with zero attached hydrogens (tertiary/aromatic N) is 3. The van der Waals surface area contributed by atoms with Crippen LogP contribution in [0.2, 0.25) is 0 Å². The molecule has 4 heteroatoms. The zero-order valence-corrected chi connectivity index (χ0v) is 13.2. The Morgan fingerprint density at radius 2 is 1.70 bits per heavy atom. The highest BCUT2D eigenvalue weighted by molar-refractivity contribution is 5.60. The summed E-state index contributed by atoms with van der Waals surface area (Å²) < 4.78 is 1.75. The van der Waals surface area contributed by atoms with Crippen molar-refractivity contribution in [2.75, 3.05) is 19.6 Å². The van der Waals surface area contributed by atoms with Crippen LogP contribution in [-0.4, -0.2) is 29.1 Å². The number of likely N-dealkylation sites (tertiary alicyclic amines) is 1. The second-order valence-electron chi connectivity index (χ2n) is 5.97. The van der Waals surface area contributed by atoms with E-state index < -0.39 is 0 Å². The second kappa shape index (κ2) is 7.26. The molecule has 4 nitrogen and oxygen atoms in total. The lowest BCUT2D eigenvalue weighted by Crippen LogP contribution is -2.35. The van der Waals surface area contributed by atoms with Crippen LogP contribution in [0.4, 0.5) is 0 Å². The molecular weight excluding hydrogens is 286 g/mol. The summed E-state index contributed by atoms with van der Waals surface area (Å²) in [5, 5.41) is 9.15. The average Bonchev–Trinajstić information content (AvgIpc) is 2.62. The van der Waals surface area contributed by atoms with E-state index in [4.69, 9.17) is 5.26 Å². The molecule has 1 aromatic heterocycles. The molecule has 1 aromatic carbocycles. The van der Waals surface area contributed by atoms with Crippen LogP contribution < -0.4 is 5.56 Å². The highest BCUT2D eigenvalue weighted by Crippen LogP contribution is 2.18. The second-order valence-corrected chi connectivity index (χ2v) is 5.97. The Morgan fingerprint density at radius 3 is 2.39 bits per heavy atom. The van der Waals surface area contributed by atoms with E-state index >= 15 is 0 Å². The third-order valence-electron chi connectivity index (χ3n) is 4.45. The highest BCUT2D eigenvalue weighted by atomic mass is 16.1. The number of nitriles is 1. The Kier molecular flexibility index (Phi) is 4.89. The van der Waals surface area contributed by atoms with E-state index in [1.807, 2.05) is 42.5 Å². The minimum Gasteiger partial charge on any atom is -0.306 e. The monoisotopic (exact) mass is 307 g/mol. The van der Waals surface area contributed by atoms with Gasteiger partial charge in [-0.05, 0) is 43.6 Å². The molecule has 0 atom stereocenters. The Labute approximate surface area is 136 Å². The topological polar surface area (TPSA) is 49.0 Å².